The summed E-state index contributed by atoms with van der Waals surface area (Å²) in [5, 5.41) is 15.7. The molecule has 2 aliphatic heterocycles. The van der Waals surface area contributed by atoms with Crippen LogP contribution in [0.3, 0.4) is 0 Å². The van der Waals surface area contributed by atoms with E-state index >= 15 is 0 Å². The van der Waals surface area contributed by atoms with Crippen molar-refractivity contribution in [1.29, 1.82) is 5.41 Å². The third kappa shape index (κ3) is 4.95. The number of nitrogens with zero attached hydrogens (tertiary/aromatic N) is 3. The zero-order valence-electron chi connectivity index (χ0n) is 18.9. The van der Waals surface area contributed by atoms with Gasteiger partial charge in [0.05, 0.1) is 17.7 Å². The minimum absolute atomic E-state index is 0.0327. The smallest absolute Gasteiger partial charge is 0.283 e. The van der Waals surface area contributed by atoms with Crippen LogP contribution in [0.25, 0.3) is 6.08 Å². The largest absolute Gasteiger partial charge is 0.493 e. The predicted octanol–water partition coefficient (Wildman–Crippen LogP) is 5.14. The molecule has 0 saturated carbocycles. The maximum absolute atomic E-state index is 12.6. The number of amides is 1. The quantitative estimate of drug-likeness (QED) is 0.399. The van der Waals surface area contributed by atoms with Crippen molar-refractivity contribution in [3.63, 3.8) is 0 Å². The number of aryl methyl sites for hydroxylation is 1. The van der Waals surface area contributed by atoms with E-state index in [2.05, 4.69) is 10.1 Å². The zero-order valence-corrected chi connectivity index (χ0v) is 20.5. The first-order valence-electron chi connectivity index (χ1n) is 10.6. The standard InChI is InChI=1S/C24H23ClN4O4S/c1-4-20-28-29-22(26)16(23(30)27-24(29)34-20)11-15-12-17(25)21(19(13-15)31-3)33-10-9-32-18-8-6-5-7-14(18)2/h5-8,11-13,26H,4,9-10H2,1-3H3/b16-11+,26-22?. The topological polar surface area (TPSA) is 96.6 Å². The van der Waals surface area contributed by atoms with Gasteiger partial charge in [0.2, 0.25) is 5.17 Å². The molecule has 2 heterocycles. The van der Waals surface area contributed by atoms with E-state index < -0.39 is 5.91 Å². The van der Waals surface area contributed by atoms with Crippen molar-refractivity contribution >= 4 is 51.4 Å². The molecule has 1 amide bonds. The van der Waals surface area contributed by atoms with Gasteiger partial charge >= 0.3 is 0 Å². The number of aliphatic imine (C=N–C) groups is 1. The molecule has 0 saturated heterocycles. The molecule has 2 aromatic rings. The molecule has 2 aromatic carbocycles. The molecule has 0 spiro atoms. The first-order valence-corrected chi connectivity index (χ1v) is 11.8. The monoisotopic (exact) mass is 498 g/mol. The number of hydrazone groups is 1. The Kier molecular flexibility index (Phi) is 7.23. The predicted molar refractivity (Wildman–Crippen MR) is 135 cm³/mol. The van der Waals surface area contributed by atoms with E-state index in [0.29, 0.717) is 40.3 Å². The number of carbonyl (C=O) groups excluding carboxylic acids is 1. The molecule has 0 fully saturated rings. The molecule has 0 unspecified atom stereocenters. The number of para-hydroxylation sites is 1. The number of rotatable bonds is 8. The molecule has 8 nitrogen and oxygen atoms in total. The fraction of sp³-hybridized carbons (Fsp3) is 0.250. The van der Waals surface area contributed by atoms with Crippen LogP contribution in [0.2, 0.25) is 5.02 Å². The summed E-state index contributed by atoms with van der Waals surface area (Å²) in [7, 11) is 1.51. The molecule has 1 N–H and O–H groups in total. The Bertz CT molecular complexity index is 1240. The number of nitrogens with one attached hydrogen (secondary N) is 1. The van der Waals surface area contributed by atoms with E-state index in [-0.39, 0.29) is 18.0 Å². The Balaban J connectivity index is 1.50. The van der Waals surface area contributed by atoms with E-state index in [9.17, 15) is 4.79 Å². The molecule has 0 aromatic heterocycles. The summed E-state index contributed by atoms with van der Waals surface area (Å²) in [6.07, 6.45) is 2.25. The lowest BCUT2D eigenvalue weighted by Gasteiger charge is -2.20. The maximum Gasteiger partial charge on any atom is 0.283 e. The molecule has 2 aliphatic rings. The highest BCUT2D eigenvalue weighted by atomic mass is 35.5. The van der Waals surface area contributed by atoms with Crippen molar-refractivity contribution in [1.82, 2.24) is 5.01 Å². The first-order chi connectivity index (χ1) is 16.4. The van der Waals surface area contributed by atoms with Gasteiger partial charge in [0, 0.05) is 0 Å². The van der Waals surface area contributed by atoms with Gasteiger partial charge in [-0.25, -0.2) is 0 Å². The molecular formula is C24H23ClN4O4S. The minimum atomic E-state index is -0.500. The van der Waals surface area contributed by atoms with Crippen molar-refractivity contribution in [2.45, 2.75) is 20.3 Å². The summed E-state index contributed by atoms with van der Waals surface area (Å²) >= 11 is 7.77. The minimum Gasteiger partial charge on any atom is -0.493 e. The molecule has 0 atom stereocenters. The average Bonchev–Trinajstić information content (AvgIpc) is 3.24. The molecular weight excluding hydrogens is 476 g/mol. The number of carbonyl (C=O) groups is 1. The van der Waals surface area contributed by atoms with Gasteiger partial charge in [-0.2, -0.15) is 15.1 Å². The average molecular weight is 499 g/mol. The number of fused-ring (bicyclic) bond motifs is 1. The van der Waals surface area contributed by atoms with Gasteiger partial charge in [-0.05, 0) is 60.5 Å². The third-order valence-corrected chi connectivity index (χ3v) is 6.38. The molecule has 10 heteroatoms. The fourth-order valence-corrected chi connectivity index (χ4v) is 4.42. The van der Waals surface area contributed by atoms with Crippen LogP contribution in [0.5, 0.6) is 17.2 Å². The first kappa shape index (κ1) is 23.8. The number of hydrogen-bond acceptors (Lipinski definition) is 7. The molecule has 0 bridgehead atoms. The van der Waals surface area contributed by atoms with Crippen molar-refractivity contribution in [3.8, 4) is 17.2 Å². The van der Waals surface area contributed by atoms with Crippen molar-refractivity contribution < 1.29 is 19.0 Å². The number of ether oxygens (including phenoxy) is 3. The van der Waals surface area contributed by atoms with Crippen LogP contribution in [-0.2, 0) is 4.79 Å². The molecule has 0 radical (unpaired) electrons. The number of benzene rings is 2. The van der Waals surface area contributed by atoms with Crippen LogP contribution < -0.4 is 14.2 Å². The molecule has 34 heavy (non-hydrogen) atoms. The highest BCUT2D eigenvalue weighted by molar-refractivity contribution is 8.26. The number of amidine groups is 2. The van der Waals surface area contributed by atoms with Gasteiger partial charge in [-0.3, -0.25) is 10.2 Å². The van der Waals surface area contributed by atoms with Crippen LogP contribution in [0.15, 0.2) is 52.1 Å². The SMILES string of the molecule is CCC1=NN2C(=N)/C(=C\c3cc(Cl)c(OCCOc4ccccc4C)c(OC)c3)C(=O)N=C2S1. The van der Waals surface area contributed by atoms with E-state index in [1.165, 1.54) is 23.9 Å². The van der Waals surface area contributed by atoms with Crippen LogP contribution in [0.1, 0.15) is 24.5 Å². The summed E-state index contributed by atoms with van der Waals surface area (Å²) in [5.74, 6) is 1.04. The van der Waals surface area contributed by atoms with E-state index in [1.54, 1.807) is 18.2 Å². The summed E-state index contributed by atoms with van der Waals surface area (Å²) in [6.45, 7) is 4.52. The summed E-state index contributed by atoms with van der Waals surface area (Å²) in [6, 6.07) is 11.1. The van der Waals surface area contributed by atoms with Gasteiger partial charge in [0.1, 0.15) is 24.0 Å². The lowest BCUT2D eigenvalue weighted by molar-refractivity contribution is -0.114. The Morgan fingerprint density at radius 1 is 1.18 bits per heavy atom. The Hall–Kier alpha value is -3.30. The second-order valence-electron chi connectivity index (χ2n) is 7.36. The van der Waals surface area contributed by atoms with Gasteiger partial charge in [0.25, 0.3) is 5.91 Å². The third-order valence-electron chi connectivity index (χ3n) is 5.04. The fourth-order valence-electron chi connectivity index (χ4n) is 3.32. The van der Waals surface area contributed by atoms with Gasteiger partial charge in [-0.1, -0.05) is 36.7 Å². The van der Waals surface area contributed by atoms with Gasteiger partial charge < -0.3 is 14.2 Å². The number of halogens is 1. The van der Waals surface area contributed by atoms with Crippen molar-refractivity contribution in [2.75, 3.05) is 20.3 Å². The molecule has 0 aliphatic carbocycles. The van der Waals surface area contributed by atoms with E-state index in [1.807, 2.05) is 38.1 Å². The molecule has 4 rings (SSSR count). The number of thioether (sulfide) groups is 1. The van der Waals surface area contributed by atoms with Crippen LogP contribution in [0, 0.1) is 12.3 Å². The highest BCUT2D eigenvalue weighted by Gasteiger charge is 2.35. The lowest BCUT2D eigenvalue weighted by Crippen LogP contribution is -2.35. The van der Waals surface area contributed by atoms with Gasteiger partial charge in [-0.15, -0.1) is 0 Å². The van der Waals surface area contributed by atoms with Crippen molar-refractivity contribution in [2.24, 2.45) is 10.1 Å². The Morgan fingerprint density at radius 2 is 1.94 bits per heavy atom. The second kappa shape index (κ2) is 10.3. The lowest BCUT2D eigenvalue weighted by atomic mass is 10.1. The zero-order chi connectivity index (χ0) is 24.2. The summed E-state index contributed by atoms with van der Waals surface area (Å²) in [5.41, 5.74) is 1.73. The normalized spacial score (nSPS) is 16.4. The molecule has 176 valence electrons. The second-order valence-corrected chi connectivity index (χ2v) is 8.81. The van der Waals surface area contributed by atoms with Crippen molar-refractivity contribution in [3.05, 3.63) is 58.1 Å². The van der Waals surface area contributed by atoms with E-state index in [4.69, 9.17) is 31.2 Å². The number of hydrogen-bond donors (Lipinski definition) is 1. The Morgan fingerprint density at radius 3 is 2.68 bits per heavy atom. The van der Waals surface area contributed by atoms with Crippen LogP contribution in [-0.4, -0.2) is 47.3 Å². The van der Waals surface area contributed by atoms with E-state index in [0.717, 1.165) is 16.4 Å². The highest BCUT2D eigenvalue weighted by Crippen LogP contribution is 2.37. The van der Waals surface area contributed by atoms with Gasteiger partial charge in [0.15, 0.2) is 17.3 Å². The number of methoxy groups -OCH3 is 1. The summed E-state index contributed by atoms with van der Waals surface area (Å²) in [4.78, 5) is 16.7. The van der Waals surface area contributed by atoms with Crippen LogP contribution in [0.4, 0.5) is 0 Å². The summed E-state index contributed by atoms with van der Waals surface area (Å²) < 4.78 is 17.0. The van der Waals surface area contributed by atoms with Crippen LogP contribution >= 0.6 is 23.4 Å². The Labute approximate surface area is 206 Å². The maximum atomic E-state index is 12.6.